The van der Waals surface area contributed by atoms with E-state index in [9.17, 15) is 4.79 Å². The smallest absolute Gasteiger partial charge is 0.319 e. The van der Waals surface area contributed by atoms with E-state index in [-0.39, 0.29) is 20.0 Å². The molecule has 0 aliphatic carbocycles. The van der Waals surface area contributed by atoms with Crippen LogP contribution in [0.3, 0.4) is 0 Å². The minimum atomic E-state index is -0.261. The van der Waals surface area contributed by atoms with Crippen molar-refractivity contribution in [3.8, 4) is 11.1 Å². The van der Waals surface area contributed by atoms with E-state index in [1.54, 1.807) is 11.3 Å². The van der Waals surface area contributed by atoms with Gasteiger partial charge in [0.2, 0.25) is 0 Å². The Hall–Kier alpha value is -1.38. The van der Waals surface area contributed by atoms with Crippen molar-refractivity contribution in [2.75, 3.05) is 18.6 Å². The van der Waals surface area contributed by atoms with E-state index in [0.717, 1.165) is 16.8 Å². The normalized spacial score (nSPS) is 11.0. The lowest BCUT2D eigenvalue weighted by atomic mass is 10.1. The predicted octanol–water partition coefficient (Wildman–Crippen LogP) is 4.31. The number of anilines is 1. The topological polar surface area (TPSA) is 41.1 Å². The molecule has 1 heterocycles. The van der Waals surface area contributed by atoms with Crippen LogP contribution in [0.5, 0.6) is 0 Å². The summed E-state index contributed by atoms with van der Waals surface area (Å²) >= 11 is 1.73. The van der Waals surface area contributed by atoms with Gasteiger partial charge in [0.15, 0.2) is 0 Å². The summed E-state index contributed by atoms with van der Waals surface area (Å²) in [5, 5.41) is 8.07. The molecule has 0 unspecified atom stereocenters. The Kier molecular flexibility index (Phi) is 5.38. The molecule has 2 N–H and O–H groups in total. The van der Waals surface area contributed by atoms with Gasteiger partial charge in [0.05, 0.1) is 10.3 Å². The van der Waals surface area contributed by atoms with Gasteiger partial charge in [0.25, 0.3) is 0 Å². The Labute approximate surface area is 131 Å². The van der Waals surface area contributed by atoms with Crippen LogP contribution in [-0.4, -0.2) is 25.4 Å². The fourth-order valence-electron chi connectivity index (χ4n) is 2.04. The van der Waals surface area contributed by atoms with Crippen LogP contribution in [0.15, 0.2) is 35.7 Å². The standard InChI is InChI=1S/C16H21N2OPS/c1-11(2)17-16(19)18-14-13(10-21-15(14)20(3)4)12-8-6-5-7-9-12/h5-11H,1-4H3,(H2,17,18,19). The molecule has 2 rings (SSSR count). The number of hydrogen-bond acceptors (Lipinski definition) is 2. The molecule has 1 aromatic carbocycles. The fourth-order valence-corrected chi connectivity index (χ4v) is 4.43. The lowest BCUT2D eigenvalue weighted by molar-refractivity contribution is 0.250. The van der Waals surface area contributed by atoms with Gasteiger partial charge < -0.3 is 10.6 Å². The number of rotatable bonds is 4. The Balaban J connectivity index is 2.37. The number of carbonyl (C=O) groups excluding carboxylic acids is 1. The second-order valence-electron chi connectivity index (χ2n) is 5.34. The van der Waals surface area contributed by atoms with Gasteiger partial charge in [-0.15, -0.1) is 11.3 Å². The van der Waals surface area contributed by atoms with E-state index >= 15 is 0 Å². The maximum Gasteiger partial charge on any atom is 0.319 e. The summed E-state index contributed by atoms with van der Waals surface area (Å²) in [4.78, 5) is 12.1. The van der Waals surface area contributed by atoms with Crippen LogP contribution in [0.2, 0.25) is 0 Å². The number of thiophene rings is 1. The van der Waals surface area contributed by atoms with Crippen LogP contribution in [0.1, 0.15) is 13.8 Å². The molecule has 0 radical (unpaired) electrons. The second-order valence-corrected chi connectivity index (χ2v) is 8.76. The molecular weight excluding hydrogens is 299 g/mol. The van der Waals surface area contributed by atoms with E-state index in [2.05, 4.69) is 41.5 Å². The van der Waals surface area contributed by atoms with Crippen molar-refractivity contribution in [1.29, 1.82) is 0 Å². The molecule has 0 saturated carbocycles. The predicted molar refractivity (Wildman–Crippen MR) is 95.4 cm³/mol. The van der Waals surface area contributed by atoms with Crippen molar-refractivity contribution >= 4 is 35.6 Å². The molecule has 5 heteroatoms. The SMILES string of the molecule is CC(C)NC(=O)Nc1c(-c2ccccc2)csc1P(C)C. The molecule has 1 aromatic heterocycles. The summed E-state index contributed by atoms with van der Waals surface area (Å²) in [5.74, 6) is 0. The highest BCUT2D eigenvalue weighted by atomic mass is 32.1. The molecule has 0 aliphatic rings. The van der Waals surface area contributed by atoms with E-state index in [1.807, 2.05) is 32.0 Å². The highest BCUT2D eigenvalue weighted by Crippen LogP contribution is 2.39. The molecule has 2 aromatic rings. The zero-order chi connectivity index (χ0) is 15.4. The molecule has 0 fully saturated rings. The van der Waals surface area contributed by atoms with E-state index in [1.165, 1.54) is 4.62 Å². The summed E-state index contributed by atoms with van der Waals surface area (Å²) < 4.78 is 1.27. The van der Waals surface area contributed by atoms with Crippen molar-refractivity contribution in [1.82, 2.24) is 5.32 Å². The van der Waals surface area contributed by atoms with Gasteiger partial charge in [0.1, 0.15) is 0 Å². The van der Waals surface area contributed by atoms with Crippen molar-refractivity contribution < 1.29 is 4.79 Å². The number of nitrogens with one attached hydrogen (secondary N) is 2. The Morgan fingerprint density at radius 1 is 1.19 bits per heavy atom. The highest BCUT2D eigenvalue weighted by Gasteiger charge is 2.17. The first-order valence-electron chi connectivity index (χ1n) is 6.90. The van der Waals surface area contributed by atoms with Gasteiger partial charge in [-0.2, -0.15) is 0 Å². The Bertz CT molecular complexity index is 608. The molecule has 112 valence electrons. The van der Waals surface area contributed by atoms with Crippen LogP contribution in [0.25, 0.3) is 11.1 Å². The number of urea groups is 1. The molecule has 0 aliphatic heterocycles. The number of amides is 2. The second kappa shape index (κ2) is 7.06. The van der Waals surface area contributed by atoms with Gasteiger partial charge >= 0.3 is 6.03 Å². The Morgan fingerprint density at radius 3 is 2.43 bits per heavy atom. The lowest BCUT2D eigenvalue weighted by Gasteiger charge is -2.14. The molecule has 21 heavy (non-hydrogen) atoms. The molecule has 0 saturated heterocycles. The summed E-state index contributed by atoms with van der Waals surface area (Å²) in [6.45, 7) is 8.33. The molecule has 0 atom stereocenters. The first kappa shape index (κ1) is 16.0. The zero-order valence-corrected chi connectivity index (χ0v) is 14.5. The largest absolute Gasteiger partial charge is 0.336 e. The van der Waals surface area contributed by atoms with Crippen LogP contribution < -0.4 is 15.3 Å². The first-order valence-corrected chi connectivity index (χ1v) is 10.0. The summed E-state index contributed by atoms with van der Waals surface area (Å²) in [6.07, 6.45) is 0. The average Bonchev–Trinajstić information content (AvgIpc) is 2.82. The number of benzene rings is 1. The maximum absolute atomic E-state index is 12.1. The van der Waals surface area contributed by atoms with Gasteiger partial charge in [-0.25, -0.2) is 4.79 Å². The molecule has 0 bridgehead atoms. The van der Waals surface area contributed by atoms with Gasteiger partial charge in [-0.05, 0) is 32.7 Å². The number of hydrogen-bond donors (Lipinski definition) is 2. The first-order chi connectivity index (χ1) is 9.99. The van der Waals surface area contributed by atoms with Crippen LogP contribution in [0.4, 0.5) is 10.5 Å². The average molecular weight is 320 g/mol. The van der Waals surface area contributed by atoms with E-state index < -0.39 is 0 Å². The monoisotopic (exact) mass is 320 g/mol. The van der Waals surface area contributed by atoms with Crippen LogP contribution in [-0.2, 0) is 0 Å². The fraction of sp³-hybridized carbons (Fsp3) is 0.312. The van der Waals surface area contributed by atoms with Crippen molar-refractivity contribution in [2.45, 2.75) is 19.9 Å². The Morgan fingerprint density at radius 2 is 1.86 bits per heavy atom. The maximum atomic E-state index is 12.1. The quantitative estimate of drug-likeness (QED) is 0.810. The summed E-state index contributed by atoms with van der Waals surface area (Å²) in [6, 6.07) is 10.2. The molecular formula is C16H21N2OPS. The van der Waals surface area contributed by atoms with Crippen molar-refractivity contribution in [2.24, 2.45) is 0 Å². The van der Waals surface area contributed by atoms with E-state index in [0.29, 0.717) is 0 Å². The van der Waals surface area contributed by atoms with Crippen LogP contribution >= 0.6 is 19.3 Å². The van der Waals surface area contributed by atoms with Gasteiger partial charge in [-0.1, -0.05) is 38.3 Å². The lowest BCUT2D eigenvalue weighted by Crippen LogP contribution is -2.35. The van der Waals surface area contributed by atoms with Gasteiger partial charge in [-0.3, -0.25) is 0 Å². The summed E-state index contributed by atoms with van der Waals surface area (Å²) in [7, 11) is -0.261. The van der Waals surface area contributed by atoms with Crippen molar-refractivity contribution in [3.63, 3.8) is 0 Å². The third-order valence-corrected chi connectivity index (χ3v) is 6.15. The third-order valence-electron chi connectivity index (χ3n) is 2.92. The minimum absolute atomic E-state index is 0.122. The highest BCUT2D eigenvalue weighted by molar-refractivity contribution is 7.70. The minimum Gasteiger partial charge on any atom is -0.336 e. The van der Waals surface area contributed by atoms with Crippen molar-refractivity contribution in [3.05, 3.63) is 35.7 Å². The van der Waals surface area contributed by atoms with Crippen LogP contribution in [0, 0.1) is 0 Å². The summed E-state index contributed by atoms with van der Waals surface area (Å²) in [5.41, 5.74) is 3.20. The molecule has 3 nitrogen and oxygen atoms in total. The molecule has 2 amide bonds. The van der Waals surface area contributed by atoms with E-state index in [4.69, 9.17) is 0 Å². The third kappa shape index (κ3) is 4.05. The zero-order valence-electron chi connectivity index (χ0n) is 12.8. The molecule has 0 spiro atoms. The van der Waals surface area contributed by atoms with Gasteiger partial charge in [0, 0.05) is 17.0 Å². The number of carbonyl (C=O) groups is 1.